The molecule has 0 aromatic heterocycles. The summed E-state index contributed by atoms with van der Waals surface area (Å²) in [6.07, 6.45) is -0.0724. The lowest BCUT2D eigenvalue weighted by Gasteiger charge is -2.13. The summed E-state index contributed by atoms with van der Waals surface area (Å²) < 4.78 is 30.4. The molecule has 0 aromatic carbocycles. The van der Waals surface area contributed by atoms with Crippen LogP contribution in [0.5, 0.6) is 0 Å². The van der Waals surface area contributed by atoms with Crippen LogP contribution in [0.1, 0.15) is 13.3 Å². The van der Waals surface area contributed by atoms with Gasteiger partial charge in [-0.2, -0.15) is 8.42 Å². The zero-order valence-corrected chi connectivity index (χ0v) is 9.90. The van der Waals surface area contributed by atoms with Crippen molar-refractivity contribution in [3.63, 3.8) is 0 Å². The SMILES string of the molecule is C[C@H](NC(=O)[C@@H]1C[C@H](S(=O)(=O)O)CN1)C(=O)O. The van der Waals surface area contributed by atoms with E-state index >= 15 is 0 Å². The molecule has 1 rings (SSSR count). The lowest BCUT2D eigenvalue weighted by Crippen LogP contribution is -2.46. The number of aliphatic carboxylic acids is 1. The Morgan fingerprint density at radius 1 is 1.47 bits per heavy atom. The minimum atomic E-state index is -4.17. The number of carbonyl (C=O) groups is 2. The summed E-state index contributed by atoms with van der Waals surface area (Å²) in [4.78, 5) is 22.0. The molecule has 0 bridgehead atoms. The Balaban J connectivity index is 2.55. The van der Waals surface area contributed by atoms with Crippen LogP contribution in [-0.4, -0.2) is 53.8 Å². The minimum absolute atomic E-state index is 0.0294. The van der Waals surface area contributed by atoms with E-state index < -0.39 is 39.3 Å². The average molecular weight is 266 g/mol. The summed E-state index contributed by atoms with van der Waals surface area (Å²) in [5.41, 5.74) is 0. The molecule has 1 saturated heterocycles. The fraction of sp³-hybridized carbons (Fsp3) is 0.750. The zero-order valence-electron chi connectivity index (χ0n) is 9.08. The van der Waals surface area contributed by atoms with Gasteiger partial charge in [-0.05, 0) is 13.3 Å². The number of carbonyl (C=O) groups excluding carboxylic acids is 1. The third-order valence-corrected chi connectivity index (χ3v) is 3.76. The first kappa shape index (κ1) is 13.9. The van der Waals surface area contributed by atoms with Crippen LogP contribution in [0.4, 0.5) is 0 Å². The number of hydrogen-bond donors (Lipinski definition) is 4. The second kappa shape index (κ2) is 4.98. The molecule has 0 aromatic rings. The Morgan fingerprint density at radius 3 is 2.47 bits per heavy atom. The summed E-state index contributed by atoms with van der Waals surface area (Å²) in [6, 6.07) is -1.85. The van der Waals surface area contributed by atoms with Crippen molar-refractivity contribution in [3.8, 4) is 0 Å². The summed E-state index contributed by atoms with van der Waals surface area (Å²) in [6.45, 7) is 1.27. The van der Waals surface area contributed by atoms with Gasteiger partial charge in [-0.15, -0.1) is 0 Å². The largest absolute Gasteiger partial charge is 0.480 e. The van der Waals surface area contributed by atoms with Crippen molar-refractivity contribution in [2.75, 3.05) is 6.54 Å². The quantitative estimate of drug-likeness (QED) is 0.441. The van der Waals surface area contributed by atoms with Gasteiger partial charge in [0.25, 0.3) is 10.1 Å². The molecule has 1 heterocycles. The number of hydrogen-bond acceptors (Lipinski definition) is 5. The van der Waals surface area contributed by atoms with Crippen LogP contribution < -0.4 is 10.6 Å². The first-order valence-electron chi connectivity index (χ1n) is 4.94. The maximum atomic E-state index is 11.5. The number of rotatable bonds is 4. The number of carboxylic acids is 1. The summed E-state index contributed by atoms with van der Waals surface area (Å²) >= 11 is 0. The molecule has 0 spiro atoms. The van der Waals surface area contributed by atoms with Crippen LogP contribution in [0, 0.1) is 0 Å². The number of carboxylic acid groups (broad SMARTS) is 1. The summed E-state index contributed by atoms with van der Waals surface area (Å²) in [5, 5.41) is 12.4. The van der Waals surface area contributed by atoms with Crippen molar-refractivity contribution in [2.45, 2.75) is 30.7 Å². The molecule has 0 unspecified atom stereocenters. The third kappa shape index (κ3) is 3.65. The molecule has 98 valence electrons. The zero-order chi connectivity index (χ0) is 13.2. The van der Waals surface area contributed by atoms with Crippen molar-refractivity contribution in [1.29, 1.82) is 0 Å². The Labute approximate surface area is 98.1 Å². The molecule has 0 saturated carbocycles. The monoisotopic (exact) mass is 266 g/mol. The highest BCUT2D eigenvalue weighted by molar-refractivity contribution is 7.86. The standard InChI is InChI=1S/C8H14N2O6S/c1-4(8(12)13)10-7(11)6-2-5(3-9-6)17(14,15)16/h4-6,9H,2-3H2,1H3,(H,10,11)(H,12,13)(H,14,15,16)/t4-,5-,6-/m0/s1. The maximum absolute atomic E-state index is 11.5. The Bertz CT molecular complexity index is 420. The fourth-order valence-corrected chi connectivity index (χ4v) is 2.25. The van der Waals surface area contributed by atoms with E-state index in [2.05, 4.69) is 10.6 Å². The molecular weight excluding hydrogens is 252 g/mol. The van der Waals surface area contributed by atoms with E-state index in [4.69, 9.17) is 9.66 Å². The van der Waals surface area contributed by atoms with Gasteiger partial charge >= 0.3 is 5.97 Å². The number of amides is 1. The van der Waals surface area contributed by atoms with Crippen molar-refractivity contribution < 1.29 is 27.7 Å². The van der Waals surface area contributed by atoms with Gasteiger partial charge in [0.1, 0.15) is 11.3 Å². The van der Waals surface area contributed by atoms with Gasteiger partial charge in [-0.3, -0.25) is 14.1 Å². The second-order valence-electron chi connectivity index (χ2n) is 3.90. The van der Waals surface area contributed by atoms with E-state index in [1.54, 1.807) is 0 Å². The molecule has 1 fully saturated rings. The van der Waals surface area contributed by atoms with E-state index in [0.717, 1.165) is 0 Å². The Hall–Kier alpha value is -1.19. The smallest absolute Gasteiger partial charge is 0.325 e. The highest BCUT2D eigenvalue weighted by atomic mass is 32.2. The van der Waals surface area contributed by atoms with Gasteiger partial charge in [0.2, 0.25) is 5.91 Å². The van der Waals surface area contributed by atoms with Crippen LogP contribution >= 0.6 is 0 Å². The van der Waals surface area contributed by atoms with E-state index in [1.165, 1.54) is 6.92 Å². The molecule has 1 aliphatic rings. The molecule has 3 atom stereocenters. The summed E-state index contributed by atoms with van der Waals surface area (Å²) in [5.74, 6) is -1.77. The van der Waals surface area contributed by atoms with Crippen LogP contribution in [-0.2, 0) is 19.7 Å². The summed E-state index contributed by atoms with van der Waals surface area (Å²) in [7, 11) is -4.17. The van der Waals surface area contributed by atoms with E-state index in [9.17, 15) is 18.0 Å². The van der Waals surface area contributed by atoms with Gasteiger partial charge < -0.3 is 15.7 Å². The second-order valence-corrected chi connectivity index (χ2v) is 5.60. The molecular formula is C8H14N2O6S. The van der Waals surface area contributed by atoms with Gasteiger partial charge in [0.15, 0.2) is 0 Å². The Morgan fingerprint density at radius 2 is 2.06 bits per heavy atom. The Kier molecular flexibility index (Phi) is 4.07. The van der Waals surface area contributed by atoms with Gasteiger partial charge in [0, 0.05) is 6.54 Å². The highest BCUT2D eigenvalue weighted by Crippen LogP contribution is 2.14. The van der Waals surface area contributed by atoms with E-state index in [1.807, 2.05) is 0 Å². The van der Waals surface area contributed by atoms with Crippen LogP contribution in [0.2, 0.25) is 0 Å². The van der Waals surface area contributed by atoms with E-state index in [-0.39, 0.29) is 13.0 Å². The molecule has 4 N–H and O–H groups in total. The molecule has 1 aliphatic heterocycles. The van der Waals surface area contributed by atoms with Crippen molar-refractivity contribution in [3.05, 3.63) is 0 Å². The van der Waals surface area contributed by atoms with Crippen LogP contribution in [0.25, 0.3) is 0 Å². The molecule has 17 heavy (non-hydrogen) atoms. The molecule has 0 radical (unpaired) electrons. The first-order chi connectivity index (χ1) is 7.71. The molecule has 1 amide bonds. The third-order valence-electron chi connectivity index (χ3n) is 2.56. The van der Waals surface area contributed by atoms with Crippen molar-refractivity contribution in [2.24, 2.45) is 0 Å². The van der Waals surface area contributed by atoms with Gasteiger partial charge in [-0.25, -0.2) is 0 Å². The first-order valence-corrected chi connectivity index (χ1v) is 6.45. The lowest BCUT2D eigenvalue weighted by atomic mass is 10.2. The van der Waals surface area contributed by atoms with Crippen molar-refractivity contribution >= 4 is 22.0 Å². The van der Waals surface area contributed by atoms with Crippen LogP contribution in [0.15, 0.2) is 0 Å². The average Bonchev–Trinajstić information content (AvgIpc) is 2.65. The normalized spacial score (nSPS) is 26.5. The van der Waals surface area contributed by atoms with E-state index in [0.29, 0.717) is 0 Å². The minimum Gasteiger partial charge on any atom is -0.480 e. The van der Waals surface area contributed by atoms with Gasteiger partial charge in [0.05, 0.1) is 6.04 Å². The highest BCUT2D eigenvalue weighted by Gasteiger charge is 2.36. The van der Waals surface area contributed by atoms with Crippen molar-refractivity contribution in [1.82, 2.24) is 10.6 Å². The number of nitrogens with one attached hydrogen (secondary N) is 2. The molecule has 0 aliphatic carbocycles. The fourth-order valence-electron chi connectivity index (χ4n) is 1.51. The predicted molar refractivity (Wildman–Crippen MR) is 57.0 cm³/mol. The van der Waals surface area contributed by atoms with Gasteiger partial charge in [-0.1, -0.05) is 0 Å². The maximum Gasteiger partial charge on any atom is 0.325 e. The van der Waals surface area contributed by atoms with Crippen LogP contribution in [0.3, 0.4) is 0 Å². The predicted octanol–water partition coefficient (Wildman–Crippen LogP) is -1.81. The molecule has 8 nitrogen and oxygen atoms in total. The molecule has 9 heteroatoms. The topological polar surface area (TPSA) is 133 Å². The lowest BCUT2D eigenvalue weighted by molar-refractivity contribution is -0.141.